The molecule has 2 N–H and O–H groups in total. The SMILES string of the molecule is CCCNC(C)c1csc(NS(C)(=O)=O)n1. The maximum absolute atomic E-state index is 11.0. The molecule has 1 heterocycles. The van der Waals surface area contributed by atoms with Gasteiger partial charge in [-0.2, -0.15) is 0 Å². The summed E-state index contributed by atoms with van der Waals surface area (Å²) < 4.78 is 24.3. The average molecular weight is 263 g/mol. The molecule has 0 aromatic carbocycles. The van der Waals surface area contributed by atoms with E-state index in [-0.39, 0.29) is 6.04 Å². The predicted molar refractivity (Wildman–Crippen MR) is 67.3 cm³/mol. The zero-order valence-electron chi connectivity index (χ0n) is 9.65. The Morgan fingerprint density at radius 1 is 1.56 bits per heavy atom. The fourth-order valence-corrected chi connectivity index (χ4v) is 2.81. The molecular formula is C9H17N3O2S2. The topological polar surface area (TPSA) is 71.1 Å². The molecule has 5 nitrogen and oxygen atoms in total. The summed E-state index contributed by atoms with van der Waals surface area (Å²) in [6.45, 7) is 5.03. The lowest BCUT2D eigenvalue weighted by atomic mass is 10.2. The van der Waals surface area contributed by atoms with Crippen LogP contribution in [0.25, 0.3) is 0 Å². The van der Waals surface area contributed by atoms with E-state index in [0.717, 1.165) is 24.9 Å². The van der Waals surface area contributed by atoms with Crippen molar-refractivity contribution in [3.63, 3.8) is 0 Å². The van der Waals surface area contributed by atoms with Gasteiger partial charge in [0, 0.05) is 11.4 Å². The number of thiazole rings is 1. The molecule has 0 amide bonds. The van der Waals surface area contributed by atoms with Gasteiger partial charge in [-0.3, -0.25) is 4.72 Å². The largest absolute Gasteiger partial charge is 0.309 e. The lowest BCUT2D eigenvalue weighted by molar-refractivity contribution is 0.561. The number of sulfonamides is 1. The van der Waals surface area contributed by atoms with Crippen LogP contribution in [0.15, 0.2) is 5.38 Å². The lowest BCUT2D eigenvalue weighted by Gasteiger charge is -2.09. The fourth-order valence-electron chi connectivity index (χ4n) is 1.16. The van der Waals surface area contributed by atoms with E-state index >= 15 is 0 Å². The molecule has 0 bridgehead atoms. The van der Waals surface area contributed by atoms with Crippen LogP contribution >= 0.6 is 11.3 Å². The van der Waals surface area contributed by atoms with Crippen molar-refractivity contribution < 1.29 is 8.42 Å². The Labute approximate surface area is 100 Å². The minimum Gasteiger partial charge on any atom is -0.309 e. The van der Waals surface area contributed by atoms with E-state index < -0.39 is 10.0 Å². The van der Waals surface area contributed by atoms with E-state index in [4.69, 9.17) is 0 Å². The highest BCUT2D eigenvalue weighted by atomic mass is 32.2. The number of nitrogens with zero attached hydrogens (tertiary/aromatic N) is 1. The Hall–Kier alpha value is -0.660. The van der Waals surface area contributed by atoms with E-state index in [1.54, 1.807) is 0 Å². The summed E-state index contributed by atoms with van der Waals surface area (Å²) in [5, 5.41) is 5.57. The number of anilines is 1. The van der Waals surface area contributed by atoms with Crippen LogP contribution in [0.4, 0.5) is 5.13 Å². The van der Waals surface area contributed by atoms with Crippen molar-refractivity contribution >= 4 is 26.5 Å². The van der Waals surface area contributed by atoms with Crippen molar-refractivity contribution in [2.45, 2.75) is 26.3 Å². The van der Waals surface area contributed by atoms with Crippen LogP contribution in [-0.2, 0) is 10.0 Å². The molecule has 1 aromatic heterocycles. The molecule has 1 atom stereocenters. The van der Waals surface area contributed by atoms with Gasteiger partial charge in [0.25, 0.3) is 0 Å². The number of hydrogen-bond acceptors (Lipinski definition) is 5. The van der Waals surface area contributed by atoms with Crippen LogP contribution in [0.5, 0.6) is 0 Å². The molecule has 92 valence electrons. The first-order valence-corrected chi connectivity index (χ1v) is 7.86. The summed E-state index contributed by atoms with van der Waals surface area (Å²) in [5.74, 6) is 0. The number of nitrogens with one attached hydrogen (secondary N) is 2. The van der Waals surface area contributed by atoms with Gasteiger partial charge >= 0.3 is 0 Å². The summed E-state index contributed by atoms with van der Waals surface area (Å²) in [7, 11) is -3.23. The van der Waals surface area contributed by atoms with Crippen molar-refractivity contribution in [2.24, 2.45) is 0 Å². The molecule has 7 heteroatoms. The van der Waals surface area contributed by atoms with E-state index in [9.17, 15) is 8.42 Å². The monoisotopic (exact) mass is 263 g/mol. The molecule has 0 saturated heterocycles. The molecular weight excluding hydrogens is 246 g/mol. The number of hydrogen-bond donors (Lipinski definition) is 2. The summed E-state index contributed by atoms with van der Waals surface area (Å²) in [5.41, 5.74) is 0.865. The minimum atomic E-state index is -3.23. The first-order chi connectivity index (χ1) is 7.42. The second-order valence-electron chi connectivity index (χ2n) is 3.63. The zero-order chi connectivity index (χ0) is 12.2. The van der Waals surface area contributed by atoms with E-state index in [1.807, 2.05) is 12.3 Å². The van der Waals surface area contributed by atoms with E-state index in [1.165, 1.54) is 11.3 Å². The first-order valence-electron chi connectivity index (χ1n) is 5.09. The summed E-state index contributed by atoms with van der Waals surface area (Å²) >= 11 is 1.30. The van der Waals surface area contributed by atoms with Gasteiger partial charge in [-0.15, -0.1) is 11.3 Å². The Kier molecular flexibility index (Phi) is 4.69. The van der Waals surface area contributed by atoms with Gasteiger partial charge in [0.15, 0.2) is 5.13 Å². The van der Waals surface area contributed by atoms with Crippen LogP contribution in [0.2, 0.25) is 0 Å². The molecule has 0 radical (unpaired) electrons. The predicted octanol–water partition coefficient (Wildman–Crippen LogP) is 1.58. The highest BCUT2D eigenvalue weighted by molar-refractivity contribution is 7.92. The van der Waals surface area contributed by atoms with Crippen molar-refractivity contribution in [1.29, 1.82) is 0 Å². The van der Waals surface area contributed by atoms with Crippen molar-refractivity contribution in [3.8, 4) is 0 Å². The van der Waals surface area contributed by atoms with Crippen LogP contribution in [-0.4, -0.2) is 26.2 Å². The molecule has 0 fully saturated rings. The second kappa shape index (κ2) is 5.60. The van der Waals surface area contributed by atoms with E-state index in [0.29, 0.717) is 5.13 Å². The van der Waals surface area contributed by atoms with Crippen LogP contribution in [0.3, 0.4) is 0 Å². The van der Waals surface area contributed by atoms with Gasteiger partial charge in [-0.05, 0) is 19.9 Å². The van der Waals surface area contributed by atoms with Gasteiger partial charge in [0.2, 0.25) is 10.0 Å². The summed E-state index contributed by atoms with van der Waals surface area (Å²) in [4.78, 5) is 4.21. The van der Waals surface area contributed by atoms with Crippen molar-refractivity contribution in [2.75, 3.05) is 17.5 Å². The Bertz CT molecular complexity index is 428. The van der Waals surface area contributed by atoms with Gasteiger partial charge < -0.3 is 5.32 Å². The third-order valence-electron chi connectivity index (χ3n) is 1.94. The highest BCUT2D eigenvalue weighted by Crippen LogP contribution is 2.21. The molecule has 0 aliphatic heterocycles. The second-order valence-corrected chi connectivity index (χ2v) is 6.23. The maximum atomic E-state index is 11.0. The molecule has 1 unspecified atom stereocenters. The van der Waals surface area contributed by atoms with Crippen molar-refractivity contribution in [1.82, 2.24) is 10.3 Å². The average Bonchev–Trinajstić information content (AvgIpc) is 2.59. The normalized spacial score (nSPS) is 13.7. The Morgan fingerprint density at radius 3 is 2.81 bits per heavy atom. The van der Waals surface area contributed by atoms with Crippen LogP contribution in [0.1, 0.15) is 32.0 Å². The van der Waals surface area contributed by atoms with Crippen LogP contribution in [0, 0.1) is 0 Å². The molecule has 0 aliphatic carbocycles. The molecule has 1 aromatic rings. The molecule has 1 rings (SSSR count). The molecule has 0 aliphatic rings. The third-order valence-corrected chi connectivity index (χ3v) is 3.41. The molecule has 16 heavy (non-hydrogen) atoms. The Balaban J connectivity index is 2.64. The highest BCUT2D eigenvalue weighted by Gasteiger charge is 2.11. The third kappa shape index (κ3) is 4.46. The van der Waals surface area contributed by atoms with E-state index in [2.05, 4.69) is 21.9 Å². The minimum absolute atomic E-state index is 0.145. The standard InChI is InChI=1S/C9H17N3O2S2/c1-4-5-10-7(2)8-6-15-9(11-8)12-16(3,13)14/h6-7,10H,4-5H2,1-3H3,(H,11,12). The number of aromatic nitrogens is 1. The quantitative estimate of drug-likeness (QED) is 0.817. The smallest absolute Gasteiger partial charge is 0.231 e. The van der Waals surface area contributed by atoms with Gasteiger partial charge in [0.1, 0.15) is 0 Å². The fraction of sp³-hybridized carbons (Fsp3) is 0.667. The lowest BCUT2D eigenvalue weighted by Crippen LogP contribution is -2.19. The van der Waals surface area contributed by atoms with Crippen molar-refractivity contribution in [3.05, 3.63) is 11.1 Å². The summed E-state index contributed by atoms with van der Waals surface area (Å²) in [6.07, 6.45) is 2.18. The molecule has 0 saturated carbocycles. The van der Waals surface area contributed by atoms with Gasteiger partial charge in [-0.1, -0.05) is 6.92 Å². The first kappa shape index (κ1) is 13.4. The van der Waals surface area contributed by atoms with Crippen LogP contribution < -0.4 is 10.0 Å². The van der Waals surface area contributed by atoms with Gasteiger partial charge in [0.05, 0.1) is 11.9 Å². The maximum Gasteiger partial charge on any atom is 0.231 e. The number of rotatable bonds is 6. The zero-order valence-corrected chi connectivity index (χ0v) is 11.3. The van der Waals surface area contributed by atoms with Gasteiger partial charge in [-0.25, -0.2) is 13.4 Å². The summed E-state index contributed by atoms with van der Waals surface area (Å²) in [6, 6.07) is 0.145. The molecule has 0 spiro atoms. The Morgan fingerprint density at radius 2 is 2.25 bits per heavy atom.